The van der Waals surface area contributed by atoms with Crippen molar-refractivity contribution in [2.24, 2.45) is 0 Å². The van der Waals surface area contributed by atoms with E-state index in [0.717, 1.165) is 30.1 Å². The topological polar surface area (TPSA) is 69.7 Å². The molecule has 2 aliphatic rings. The van der Waals surface area contributed by atoms with Crippen LogP contribution >= 0.6 is 0 Å². The molecule has 6 heteroatoms. The van der Waals surface area contributed by atoms with Crippen LogP contribution < -0.4 is 5.32 Å². The number of carbonyl (C=O) groups excluding carboxylic acids is 3. The Morgan fingerprint density at radius 1 is 1.00 bits per heavy atom. The molecule has 2 aliphatic heterocycles. The lowest BCUT2D eigenvalue weighted by atomic mass is 10.0. The van der Waals surface area contributed by atoms with Gasteiger partial charge < -0.3 is 10.2 Å². The van der Waals surface area contributed by atoms with Gasteiger partial charge in [0.2, 0.25) is 0 Å². The molecule has 0 saturated carbocycles. The van der Waals surface area contributed by atoms with Crippen LogP contribution in [0, 0.1) is 0 Å². The van der Waals surface area contributed by atoms with Crippen molar-refractivity contribution in [2.45, 2.75) is 18.9 Å². The highest BCUT2D eigenvalue weighted by atomic mass is 16.2. The van der Waals surface area contributed by atoms with Gasteiger partial charge in [-0.25, -0.2) is 0 Å². The third-order valence-electron chi connectivity index (χ3n) is 5.50. The summed E-state index contributed by atoms with van der Waals surface area (Å²) in [5.74, 6) is -0.944. The fourth-order valence-electron chi connectivity index (χ4n) is 3.89. The number of fused-ring (bicyclic) bond motifs is 1. The van der Waals surface area contributed by atoms with E-state index >= 15 is 0 Å². The first kappa shape index (κ1) is 18.4. The Morgan fingerprint density at radius 2 is 1.68 bits per heavy atom. The SMILES string of the molecule is CN1C(=O)c2ccc(C(=O)NC(CN3CCCC3)c3ccccc3)cc2C1=O. The number of hydrogen-bond donors (Lipinski definition) is 1. The van der Waals surface area contributed by atoms with Gasteiger partial charge >= 0.3 is 0 Å². The molecule has 0 spiro atoms. The van der Waals surface area contributed by atoms with Crippen molar-refractivity contribution in [3.05, 3.63) is 70.8 Å². The molecule has 1 saturated heterocycles. The number of benzene rings is 2. The lowest BCUT2D eigenvalue weighted by molar-refractivity contribution is 0.0693. The average Bonchev–Trinajstić information content (AvgIpc) is 3.31. The summed E-state index contributed by atoms with van der Waals surface area (Å²) >= 11 is 0. The fourth-order valence-corrected chi connectivity index (χ4v) is 3.89. The molecule has 28 heavy (non-hydrogen) atoms. The van der Waals surface area contributed by atoms with Gasteiger partial charge in [-0.1, -0.05) is 30.3 Å². The van der Waals surface area contributed by atoms with Crippen LogP contribution in [0.25, 0.3) is 0 Å². The second kappa shape index (κ2) is 7.56. The van der Waals surface area contributed by atoms with Crippen molar-refractivity contribution in [3.8, 4) is 0 Å². The molecule has 1 atom stereocenters. The molecule has 1 unspecified atom stereocenters. The monoisotopic (exact) mass is 377 g/mol. The number of amides is 3. The van der Waals surface area contributed by atoms with E-state index in [0.29, 0.717) is 11.1 Å². The van der Waals surface area contributed by atoms with Crippen molar-refractivity contribution >= 4 is 17.7 Å². The highest BCUT2D eigenvalue weighted by Gasteiger charge is 2.33. The second-order valence-corrected chi connectivity index (χ2v) is 7.37. The van der Waals surface area contributed by atoms with E-state index in [1.165, 1.54) is 26.0 Å². The van der Waals surface area contributed by atoms with Gasteiger partial charge in [0.05, 0.1) is 17.2 Å². The summed E-state index contributed by atoms with van der Waals surface area (Å²) in [6.07, 6.45) is 2.37. The summed E-state index contributed by atoms with van der Waals surface area (Å²) in [4.78, 5) is 40.6. The minimum atomic E-state index is -0.369. The molecule has 1 N–H and O–H groups in total. The van der Waals surface area contributed by atoms with Crippen molar-refractivity contribution in [2.75, 3.05) is 26.7 Å². The quantitative estimate of drug-likeness (QED) is 0.813. The molecule has 144 valence electrons. The van der Waals surface area contributed by atoms with Crippen LogP contribution in [0.5, 0.6) is 0 Å². The summed E-state index contributed by atoms with van der Waals surface area (Å²) in [6.45, 7) is 2.84. The van der Waals surface area contributed by atoms with Gasteiger partial charge in [0.25, 0.3) is 17.7 Å². The molecule has 2 aromatic carbocycles. The van der Waals surface area contributed by atoms with Crippen molar-refractivity contribution < 1.29 is 14.4 Å². The molecular formula is C22H23N3O3. The molecule has 0 radical (unpaired) electrons. The highest BCUT2D eigenvalue weighted by Crippen LogP contribution is 2.24. The van der Waals surface area contributed by atoms with E-state index in [-0.39, 0.29) is 29.3 Å². The third kappa shape index (κ3) is 3.43. The molecule has 4 rings (SSSR count). The van der Waals surface area contributed by atoms with Crippen LogP contribution in [0.1, 0.15) is 55.5 Å². The van der Waals surface area contributed by atoms with E-state index < -0.39 is 0 Å². The smallest absolute Gasteiger partial charge is 0.261 e. The minimum Gasteiger partial charge on any atom is -0.344 e. The van der Waals surface area contributed by atoms with Crippen LogP contribution in [0.2, 0.25) is 0 Å². The van der Waals surface area contributed by atoms with Gasteiger partial charge in [0.1, 0.15) is 0 Å². The number of rotatable bonds is 5. The third-order valence-corrected chi connectivity index (χ3v) is 5.50. The van der Waals surface area contributed by atoms with E-state index in [9.17, 15) is 14.4 Å². The maximum absolute atomic E-state index is 12.9. The summed E-state index contributed by atoms with van der Waals surface area (Å²) in [7, 11) is 1.45. The van der Waals surface area contributed by atoms with Crippen LogP contribution in [-0.2, 0) is 0 Å². The van der Waals surface area contributed by atoms with E-state index in [4.69, 9.17) is 0 Å². The van der Waals surface area contributed by atoms with Crippen LogP contribution in [0.3, 0.4) is 0 Å². The summed E-state index contributed by atoms with van der Waals surface area (Å²) in [5.41, 5.74) is 2.07. The maximum atomic E-state index is 12.9. The second-order valence-electron chi connectivity index (χ2n) is 7.37. The molecule has 2 heterocycles. The Kier molecular flexibility index (Phi) is 4.96. The van der Waals surface area contributed by atoms with E-state index in [2.05, 4.69) is 10.2 Å². The number of hydrogen-bond acceptors (Lipinski definition) is 4. The zero-order chi connectivity index (χ0) is 19.7. The number of nitrogens with one attached hydrogen (secondary N) is 1. The lowest BCUT2D eigenvalue weighted by Gasteiger charge is -2.25. The van der Waals surface area contributed by atoms with Crippen molar-refractivity contribution in [1.82, 2.24) is 15.1 Å². The summed E-state index contributed by atoms with van der Waals surface area (Å²) in [5, 5.41) is 3.11. The minimum absolute atomic E-state index is 0.139. The van der Waals surface area contributed by atoms with Gasteiger partial charge in [-0.3, -0.25) is 19.3 Å². The van der Waals surface area contributed by atoms with Gasteiger partial charge in [-0.05, 0) is 49.7 Å². The molecule has 6 nitrogen and oxygen atoms in total. The first-order chi connectivity index (χ1) is 13.5. The standard InChI is InChI=1S/C22H23N3O3/c1-24-21(27)17-10-9-16(13-18(17)22(24)28)20(26)23-19(14-25-11-5-6-12-25)15-7-3-2-4-8-15/h2-4,7-10,13,19H,5-6,11-12,14H2,1H3,(H,23,26). The molecule has 1 fully saturated rings. The number of imide groups is 1. The molecule has 2 aromatic rings. The van der Waals surface area contributed by atoms with Crippen LogP contribution in [0.15, 0.2) is 48.5 Å². The zero-order valence-electron chi connectivity index (χ0n) is 15.9. The Balaban J connectivity index is 1.56. The summed E-state index contributed by atoms with van der Waals surface area (Å²) in [6, 6.07) is 14.5. The number of likely N-dealkylation sites (tertiary alicyclic amines) is 1. The van der Waals surface area contributed by atoms with Gasteiger partial charge in [0, 0.05) is 19.2 Å². The van der Waals surface area contributed by atoms with Crippen LogP contribution in [0.4, 0.5) is 0 Å². The summed E-state index contributed by atoms with van der Waals surface area (Å²) < 4.78 is 0. The van der Waals surface area contributed by atoms with Crippen molar-refractivity contribution in [1.29, 1.82) is 0 Å². The Labute approximate surface area is 164 Å². The first-order valence-corrected chi connectivity index (χ1v) is 9.59. The Morgan fingerprint density at radius 3 is 2.39 bits per heavy atom. The van der Waals surface area contributed by atoms with Crippen molar-refractivity contribution in [3.63, 3.8) is 0 Å². The van der Waals surface area contributed by atoms with Gasteiger partial charge in [-0.2, -0.15) is 0 Å². The van der Waals surface area contributed by atoms with E-state index in [1.54, 1.807) is 12.1 Å². The molecule has 0 aliphatic carbocycles. The average molecular weight is 377 g/mol. The van der Waals surface area contributed by atoms with E-state index in [1.807, 2.05) is 30.3 Å². The fraction of sp³-hybridized carbons (Fsp3) is 0.318. The zero-order valence-corrected chi connectivity index (χ0v) is 15.9. The predicted octanol–water partition coefficient (Wildman–Crippen LogP) is 2.48. The normalized spacial score (nSPS) is 17.7. The van der Waals surface area contributed by atoms with Gasteiger partial charge in [0.15, 0.2) is 0 Å². The van der Waals surface area contributed by atoms with Gasteiger partial charge in [-0.15, -0.1) is 0 Å². The molecule has 0 bridgehead atoms. The number of carbonyl (C=O) groups is 3. The number of nitrogens with zero attached hydrogens (tertiary/aromatic N) is 2. The molecule has 3 amide bonds. The lowest BCUT2D eigenvalue weighted by Crippen LogP contribution is -2.37. The Hall–Kier alpha value is -2.99. The predicted molar refractivity (Wildman–Crippen MR) is 105 cm³/mol. The molecule has 0 aromatic heterocycles. The highest BCUT2D eigenvalue weighted by molar-refractivity contribution is 6.21. The van der Waals surface area contributed by atoms with Crippen LogP contribution in [-0.4, -0.2) is 54.2 Å². The first-order valence-electron chi connectivity index (χ1n) is 9.59. The Bertz CT molecular complexity index is 920. The molecular weight excluding hydrogens is 354 g/mol. The largest absolute Gasteiger partial charge is 0.344 e. The maximum Gasteiger partial charge on any atom is 0.261 e.